The average Bonchev–Trinajstić information content (AvgIpc) is 2.77. The van der Waals surface area contributed by atoms with Crippen molar-refractivity contribution in [3.8, 4) is 0 Å². The van der Waals surface area contributed by atoms with Crippen LogP contribution in [0.5, 0.6) is 0 Å². The van der Waals surface area contributed by atoms with Crippen LogP contribution in [0.3, 0.4) is 0 Å². The van der Waals surface area contributed by atoms with Crippen molar-refractivity contribution in [3.05, 3.63) is 34.9 Å². The largest absolute Gasteiger partial charge is 0.324 e. The molecule has 1 nitrogen and oxygen atoms in total. The lowest BCUT2D eigenvalue weighted by molar-refractivity contribution is 0.518. The summed E-state index contributed by atoms with van der Waals surface area (Å²) < 4.78 is 0. The molecule has 32 heavy (non-hydrogen) atoms. The van der Waals surface area contributed by atoms with E-state index in [-0.39, 0.29) is 18.4 Å². The lowest BCUT2D eigenvalue weighted by Crippen LogP contribution is -2.14. The maximum Gasteiger partial charge on any atom is 0.0297 e. The van der Waals surface area contributed by atoms with E-state index < -0.39 is 0 Å². The zero-order valence-electron chi connectivity index (χ0n) is 21.9. The monoisotopic (exact) mass is 465 g/mol. The first-order valence-corrected chi connectivity index (χ1v) is 14.1. The fourth-order valence-corrected chi connectivity index (χ4v) is 4.95. The molecular formula is C30H56ClN. The molecule has 0 bridgehead atoms. The Morgan fingerprint density at radius 3 is 1.53 bits per heavy atom. The van der Waals surface area contributed by atoms with Crippen LogP contribution in [-0.2, 0) is 12.8 Å². The molecule has 2 heteroatoms. The molecule has 1 aromatic carbocycles. The summed E-state index contributed by atoms with van der Waals surface area (Å²) >= 11 is 0. The maximum absolute atomic E-state index is 6.65. The molecule has 0 aliphatic heterocycles. The summed E-state index contributed by atoms with van der Waals surface area (Å²) in [5.41, 5.74) is 11.2. The van der Waals surface area contributed by atoms with Gasteiger partial charge in [0.15, 0.2) is 0 Å². The molecule has 0 saturated heterocycles. The van der Waals surface area contributed by atoms with E-state index in [0.717, 1.165) is 6.42 Å². The van der Waals surface area contributed by atoms with Gasteiger partial charge < -0.3 is 5.73 Å². The molecule has 0 radical (unpaired) electrons. The summed E-state index contributed by atoms with van der Waals surface area (Å²) in [5.74, 6) is 0. The minimum absolute atomic E-state index is 0. The van der Waals surface area contributed by atoms with Gasteiger partial charge in [-0.1, -0.05) is 148 Å². The first-order chi connectivity index (χ1) is 15.2. The lowest BCUT2D eigenvalue weighted by Gasteiger charge is -2.19. The molecule has 0 amide bonds. The molecular weight excluding hydrogens is 410 g/mol. The Kier molecular flexibility index (Phi) is 21.9. The second-order valence-electron chi connectivity index (χ2n) is 9.83. The van der Waals surface area contributed by atoms with Gasteiger partial charge in [-0.2, -0.15) is 0 Å². The van der Waals surface area contributed by atoms with Gasteiger partial charge in [-0.05, 0) is 36.0 Å². The first kappa shape index (κ1) is 31.5. The molecule has 1 rings (SSSR count). The molecule has 0 aromatic heterocycles. The predicted molar refractivity (Wildman–Crippen MR) is 148 cm³/mol. The standard InChI is InChI=1S/C30H55N.ClH/c1-4-7-8-9-10-11-12-13-14-15-16-17-18-19-20-26-30(31)29-25-21-24-27(22-5-2)28(29)23-6-3;/h21,24-25,30H,4-20,22-23,26,31H2,1-3H3;1H. The summed E-state index contributed by atoms with van der Waals surface area (Å²) in [6.45, 7) is 6.86. The van der Waals surface area contributed by atoms with Crippen LogP contribution in [0.2, 0.25) is 0 Å². The predicted octanol–water partition coefficient (Wildman–Crippen LogP) is 10.3. The van der Waals surface area contributed by atoms with Gasteiger partial charge >= 0.3 is 0 Å². The van der Waals surface area contributed by atoms with Crippen molar-refractivity contribution in [1.29, 1.82) is 0 Å². The smallest absolute Gasteiger partial charge is 0.0297 e. The topological polar surface area (TPSA) is 26.0 Å². The van der Waals surface area contributed by atoms with Crippen LogP contribution >= 0.6 is 12.4 Å². The van der Waals surface area contributed by atoms with Crippen LogP contribution in [0.15, 0.2) is 18.2 Å². The lowest BCUT2D eigenvalue weighted by atomic mass is 9.89. The van der Waals surface area contributed by atoms with Crippen molar-refractivity contribution in [2.75, 3.05) is 0 Å². The zero-order chi connectivity index (χ0) is 22.6. The number of benzene rings is 1. The highest BCUT2D eigenvalue weighted by molar-refractivity contribution is 5.85. The van der Waals surface area contributed by atoms with E-state index in [2.05, 4.69) is 39.0 Å². The van der Waals surface area contributed by atoms with Crippen LogP contribution in [-0.4, -0.2) is 0 Å². The van der Waals surface area contributed by atoms with E-state index >= 15 is 0 Å². The van der Waals surface area contributed by atoms with Crippen LogP contribution in [0.4, 0.5) is 0 Å². The second kappa shape index (κ2) is 22.3. The van der Waals surface area contributed by atoms with Gasteiger partial charge in [0.1, 0.15) is 0 Å². The number of aryl methyl sites for hydroxylation is 1. The first-order valence-electron chi connectivity index (χ1n) is 14.1. The number of nitrogens with two attached hydrogens (primary N) is 1. The van der Waals surface area contributed by atoms with E-state index in [1.807, 2.05) is 0 Å². The molecule has 0 spiro atoms. The van der Waals surface area contributed by atoms with Crippen molar-refractivity contribution in [2.24, 2.45) is 5.73 Å². The summed E-state index contributed by atoms with van der Waals surface area (Å²) in [4.78, 5) is 0. The Bertz CT molecular complexity index is 528. The molecule has 2 N–H and O–H groups in total. The molecule has 0 aliphatic carbocycles. The highest BCUT2D eigenvalue weighted by Crippen LogP contribution is 2.26. The van der Waals surface area contributed by atoms with Crippen molar-refractivity contribution in [1.82, 2.24) is 0 Å². The van der Waals surface area contributed by atoms with Crippen molar-refractivity contribution >= 4 is 12.4 Å². The SMILES string of the molecule is CCCCCCCCCCCCCCCCCC(N)c1cccc(CCC)c1CCC.Cl. The van der Waals surface area contributed by atoms with Crippen LogP contribution < -0.4 is 5.73 Å². The normalized spacial score (nSPS) is 12.0. The number of hydrogen-bond donors (Lipinski definition) is 1. The summed E-state index contributed by atoms with van der Waals surface area (Å²) in [7, 11) is 0. The molecule has 0 saturated carbocycles. The van der Waals surface area contributed by atoms with Crippen molar-refractivity contribution in [3.63, 3.8) is 0 Å². The number of unbranched alkanes of at least 4 members (excludes halogenated alkanes) is 14. The second-order valence-corrected chi connectivity index (χ2v) is 9.83. The maximum atomic E-state index is 6.65. The third-order valence-electron chi connectivity index (χ3n) is 6.85. The minimum Gasteiger partial charge on any atom is -0.324 e. The Labute approximate surface area is 208 Å². The van der Waals surface area contributed by atoms with E-state index in [4.69, 9.17) is 5.73 Å². The molecule has 1 aromatic rings. The third-order valence-corrected chi connectivity index (χ3v) is 6.85. The molecule has 188 valence electrons. The minimum atomic E-state index is 0. The molecule has 1 atom stereocenters. The van der Waals surface area contributed by atoms with E-state index in [1.54, 1.807) is 5.56 Å². The van der Waals surface area contributed by atoms with E-state index in [9.17, 15) is 0 Å². The Balaban J connectivity index is 0.00000961. The third kappa shape index (κ3) is 14.6. The van der Waals surface area contributed by atoms with Crippen LogP contribution in [0, 0.1) is 0 Å². The zero-order valence-corrected chi connectivity index (χ0v) is 22.8. The van der Waals surface area contributed by atoms with Gasteiger partial charge in [0, 0.05) is 6.04 Å². The fraction of sp³-hybridized carbons (Fsp3) is 0.800. The Hall–Kier alpha value is -0.530. The molecule has 1 unspecified atom stereocenters. The van der Waals surface area contributed by atoms with Gasteiger partial charge in [-0.15, -0.1) is 12.4 Å². The summed E-state index contributed by atoms with van der Waals surface area (Å²) in [6.07, 6.45) is 27.3. The quantitative estimate of drug-likeness (QED) is 0.179. The Morgan fingerprint density at radius 1 is 0.594 bits per heavy atom. The van der Waals surface area contributed by atoms with Gasteiger partial charge in [0.25, 0.3) is 0 Å². The van der Waals surface area contributed by atoms with Gasteiger partial charge in [0.2, 0.25) is 0 Å². The Morgan fingerprint density at radius 2 is 1.06 bits per heavy atom. The van der Waals surface area contributed by atoms with Gasteiger partial charge in [-0.3, -0.25) is 0 Å². The van der Waals surface area contributed by atoms with E-state index in [1.165, 1.54) is 133 Å². The van der Waals surface area contributed by atoms with Crippen LogP contribution in [0.25, 0.3) is 0 Å². The fourth-order valence-electron chi connectivity index (χ4n) is 4.95. The summed E-state index contributed by atoms with van der Waals surface area (Å²) in [5, 5.41) is 0. The molecule has 0 fully saturated rings. The van der Waals surface area contributed by atoms with Crippen molar-refractivity contribution in [2.45, 2.75) is 155 Å². The van der Waals surface area contributed by atoms with Crippen LogP contribution in [0.1, 0.15) is 159 Å². The van der Waals surface area contributed by atoms with Crippen molar-refractivity contribution < 1.29 is 0 Å². The van der Waals surface area contributed by atoms with Gasteiger partial charge in [-0.25, -0.2) is 0 Å². The number of rotatable bonds is 21. The number of hydrogen-bond acceptors (Lipinski definition) is 1. The number of halogens is 1. The molecule has 0 heterocycles. The summed E-state index contributed by atoms with van der Waals surface area (Å²) in [6, 6.07) is 7.06. The molecule has 0 aliphatic rings. The van der Waals surface area contributed by atoms with E-state index in [0.29, 0.717) is 0 Å². The highest BCUT2D eigenvalue weighted by Gasteiger charge is 2.13. The highest BCUT2D eigenvalue weighted by atomic mass is 35.5. The van der Waals surface area contributed by atoms with Gasteiger partial charge in [0.05, 0.1) is 0 Å². The average molecular weight is 466 g/mol.